The van der Waals surface area contributed by atoms with Gasteiger partial charge in [0, 0.05) is 30.3 Å². The Bertz CT molecular complexity index is 858. The fourth-order valence-electron chi connectivity index (χ4n) is 3.15. The van der Waals surface area contributed by atoms with Gasteiger partial charge in [-0.1, -0.05) is 43.6 Å². The predicted octanol–water partition coefficient (Wildman–Crippen LogP) is 3.94. The minimum atomic E-state index is -0.182. The lowest BCUT2D eigenvalue weighted by Crippen LogP contribution is -2.33. The van der Waals surface area contributed by atoms with Gasteiger partial charge in [0.05, 0.1) is 18.8 Å². The minimum Gasteiger partial charge on any atom is -0.496 e. The van der Waals surface area contributed by atoms with Crippen LogP contribution in [0.4, 0.5) is 0 Å². The minimum absolute atomic E-state index is 0.0115. The van der Waals surface area contributed by atoms with Crippen LogP contribution in [0, 0.1) is 12.8 Å². The van der Waals surface area contributed by atoms with Crippen molar-refractivity contribution in [1.82, 2.24) is 20.0 Å². The molecule has 29 heavy (non-hydrogen) atoms. The van der Waals surface area contributed by atoms with Crippen molar-refractivity contribution < 1.29 is 9.53 Å². The van der Waals surface area contributed by atoms with Gasteiger partial charge >= 0.3 is 0 Å². The number of carbonyl (C=O) groups is 1. The van der Waals surface area contributed by atoms with Crippen molar-refractivity contribution in [3.05, 3.63) is 52.3 Å². The average Bonchev–Trinajstić information content (AvgIpc) is 2.92. The van der Waals surface area contributed by atoms with E-state index in [0.717, 1.165) is 29.1 Å². The molecule has 0 spiro atoms. The molecule has 1 N–H and O–H groups in total. The number of nitrogens with one attached hydrogen (secondary N) is 1. The van der Waals surface area contributed by atoms with Crippen LogP contribution in [0.15, 0.2) is 30.3 Å². The molecule has 2 rings (SSSR count). The van der Waals surface area contributed by atoms with Gasteiger partial charge in [0.2, 0.25) is 5.91 Å². The second-order valence-electron chi connectivity index (χ2n) is 7.67. The molecule has 1 heterocycles. The highest BCUT2D eigenvalue weighted by molar-refractivity contribution is 6.31. The summed E-state index contributed by atoms with van der Waals surface area (Å²) in [5, 5.41) is 7.99. The summed E-state index contributed by atoms with van der Waals surface area (Å²) >= 11 is 6.44. The number of hydrogen-bond acceptors (Lipinski definition) is 4. The number of carbonyl (C=O) groups excluding carboxylic acids is 1. The lowest BCUT2D eigenvalue weighted by atomic mass is 10.0. The summed E-state index contributed by atoms with van der Waals surface area (Å²) in [6.45, 7) is 7.31. The molecule has 0 aliphatic heterocycles. The Morgan fingerprint density at radius 1 is 1.34 bits per heavy atom. The number of rotatable bonds is 9. The van der Waals surface area contributed by atoms with Crippen LogP contribution in [0.3, 0.4) is 0 Å². The first kappa shape index (κ1) is 23.0. The lowest BCUT2D eigenvalue weighted by Gasteiger charge is -2.26. The number of ether oxygens (including phenoxy) is 1. The van der Waals surface area contributed by atoms with E-state index in [9.17, 15) is 4.79 Å². The highest BCUT2D eigenvalue weighted by atomic mass is 35.5. The van der Waals surface area contributed by atoms with Gasteiger partial charge < -0.3 is 15.0 Å². The molecule has 0 radical (unpaired) electrons. The molecule has 1 amide bonds. The van der Waals surface area contributed by atoms with E-state index in [1.165, 1.54) is 6.08 Å². The number of halogens is 1. The summed E-state index contributed by atoms with van der Waals surface area (Å²) in [6.07, 6.45) is 3.23. The fourth-order valence-corrected chi connectivity index (χ4v) is 3.46. The summed E-state index contributed by atoms with van der Waals surface area (Å²) in [7, 11) is 5.61. The molecule has 0 aliphatic rings. The molecular weight excluding hydrogens is 388 g/mol. The van der Waals surface area contributed by atoms with Crippen LogP contribution in [0.5, 0.6) is 5.75 Å². The topological polar surface area (TPSA) is 59.4 Å². The number of nitrogens with zero attached hydrogens (tertiary/aromatic N) is 3. The molecule has 1 aromatic carbocycles. The molecule has 1 unspecified atom stereocenters. The van der Waals surface area contributed by atoms with Crippen molar-refractivity contribution in [2.45, 2.75) is 33.4 Å². The molecule has 1 aromatic heterocycles. The zero-order valence-corrected chi connectivity index (χ0v) is 18.8. The smallest absolute Gasteiger partial charge is 0.244 e. The molecule has 0 aliphatic carbocycles. The highest BCUT2D eigenvalue weighted by Crippen LogP contribution is 2.27. The Labute approximate surface area is 178 Å². The number of methoxy groups -OCH3 is 1. The standard InChI is InChI=1S/C22H31ClN4O2/c1-15(2)14-27-22(23)17(16(3)25-27)11-12-21(28)24-13-19(26(4)5)18-9-7-8-10-20(18)29-6/h7-12,15,19H,13-14H2,1-6H3,(H,24,28)/b12-11+. The zero-order chi connectivity index (χ0) is 21.6. The second kappa shape index (κ2) is 10.5. The summed E-state index contributed by atoms with van der Waals surface area (Å²) in [6, 6.07) is 7.82. The Kier molecular flexibility index (Phi) is 8.29. The van der Waals surface area contributed by atoms with E-state index in [0.29, 0.717) is 17.6 Å². The van der Waals surface area contributed by atoms with Crippen molar-refractivity contribution in [3.63, 3.8) is 0 Å². The van der Waals surface area contributed by atoms with E-state index >= 15 is 0 Å². The van der Waals surface area contributed by atoms with E-state index in [4.69, 9.17) is 16.3 Å². The van der Waals surface area contributed by atoms with Gasteiger partial charge in [-0.3, -0.25) is 9.48 Å². The van der Waals surface area contributed by atoms with Crippen molar-refractivity contribution in [2.24, 2.45) is 5.92 Å². The van der Waals surface area contributed by atoms with Gasteiger partial charge in [0.15, 0.2) is 0 Å². The fraction of sp³-hybridized carbons (Fsp3) is 0.455. The first-order valence-corrected chi connectivity index (χ1v) is 10.1. The van der Waals surface area contributed by atoms with E-state index in [1.807, 2.05) is 45.3 Å². The molecule has 0 saturated carbocycles. The summed E-state index contributed by atoms with van der Waals surface area (Å²) < 4.78 is 7.25. The first-order chi connectivity index (χ1) is 13.7. The number of aryl methyl sites for hydroxylation is 1. The van der Waals surface area contributed by atoms with E-state index in [2.05, 4.69) is 29.2 Å². The van der Waals surface area contributed by atoms with Gasteiger partial charge in [-0.25, -0.2) is 0 Å². The van der Waals surface area contributed by atoms with E-state index in [1.54, 1.807) is 17.9 Å². The molecule has 158 valence electrons. The van der Waals surface area contributed by atoms with Crippen LogP contribution in [-0.4, -0.2) is 48.3 Å². The molecule has 2 aromatic rings. The van der Waals surface area contributed by atoms with Gasteiger partial charge in [0.25, 0.3) is 0 Å². The monoisotopic (exact) mass is 418 g/mol. The van der Waals surface area contributed by atoms with Crippen LogP contribution in [0.2, 0.25) is 5.15 Å². The van der Waals surface area contributed by atoms with Gasteiger partial charge in [-0.15, -0.1) is 0 Å². The Morgan fingerprint density at radius 3 is 2.66 bits per heavy atom. The third kappa shape index (κ3) is 6.08. The maximum Gasteiger partial charge on any atom is 0.244 e. The highest BCUT2D eigenvalue weighted by Gasteiger charge is 2.19. The maximum atomic E-state index is 12.4. The summed E-state index contributed by atoms with van der Waals surface area (Å²) in [5.41, 5.74) is 2.61. The van der Waals surface area contributed by atoms with Crippen LogP contribution >= 0.6 is 11.6 Å². The normalized spacial score (nSPS) is 12.7. The van der Waals surface area contributed by atoms with Crippen LogP contribution in [0.25, 0.3) is 6.08 Å². The quantitative estimate of drug-likeness (QED) is 0.626. The van der Waals surface area contributed by atoms with Gasteiger partial charge in [-0.2, -0.15) is 5.10 Å². The number of amides is 1. The second-order valence-corrected chi connectivity index (χ2v) is 8.02. The summed E-state index contributed by atoms with van der Waals surface area (Å²) in [4.78, 5) is 14.5. The number of para-hydroxylation sites is 1. The molecule has 1 atom stereocenters. The Balaban J connectivity index is 2.07. The number of benzene rings is 1. The maximum absolute atomic E-state index is 12.4. The Morgan fingerprint density at radius 2 is 2.03 bits per heavy atom. The van der Waals surface area contributed by atoms with Gasteiger partial charge in [0.1, 0.15) is 10.9 Å². The van der Waals surface area contributed by atoms with Gasteiger partial charge in [-0.05, 0) is 39.1 Å². The van der Waals surface area contributed by atoms with Crippen molar-refractivity contribution in [1.29, 1.82) is 0 Å². The molecule has 0 bridgehead atoms. The lowest BCUT2D eigenvalue weighted by molar-refractivity contribution is -0.116. The van der Waals surface area contributed by atoms with Crippen LogP contribution in [-0.2, 0) is 11.3 Å². The van der Waals surface area contributed by atoms with Crippen molar-refractivity contribution >= 4 is 23.6 Å². The number of hydrogen-bond donors (Lipinski definition) is 1. The van der Waals surface area contributed by atoms with Crippen molar-refractivity contribution in [2.75, 3.05) is 27.7 Å². The Hall–Kier alpha value is -2.31. The van der Waals surface area contributed by atoms with E-state index < -0.39 is 0 Å². The third-order valence-electron chi connectivity index (χ3n) is 4.64. The average molecular weight is 419 g/mol. The van der Waals surface area contributed by atoms with E-state index in [-0.39, 0.29) is 11.9 Å². The molecule has 6 nitrogen and oxygen atoms in total. The number of aromatic nitrogens is 2. The molecular formula is C22H31ClN4O2. The van der Waals surface area contributed by atoms with Crippen LogP contribution in [0.1, 0.15) is 36.7 Å². The largest absolute Gasteiger partial charge is 0.496 e. The molecule has 7 heteroatoms. The zero-order valence-electron chi connectivity index (χ0n) is 18.1. The molecule has 0 saturated heterocycles. The molecule has 0 fully saturated rings. The summed E-state index contributed by atoms with van der Waals surface area (Å²) in [5.74, 6) is 1.06. The SMILES string of the molecule is COc1ccccc1C(CNC(=O)/C=C/c1c(C)nn(CC(C)C)c1Cl)N(C)C. The third-order valence-corrected chi connectivity index (χ3v) is 5.04. The first-order valence-electron chi connectivity index (χ1n) is 9.72. The van der Waals surface area contributed by atoms with Crippen LogP contribution < -0.4 is 10.1 Å². The number of likely N-dealkylation sites (N-methyl/N-ethyl adjacent to an activating group) is 1. The van der Waals surface area contributed by atoms with Crippen molar-refractivity contribution in [3.8, 4) is 5.75 Å². The predicted molar refractivity (Wildman–Crippen MR) is 118 cm³/mol.